The summed E-state index contributed by atoms with van der Waals surface area (Å²) in [4.78, 5) is 7.92. The van der Waals surface area contributed by atoms with Gasteiger partial charge in [-0.15, -0.1) is 11.6 Å². The van der Waals surface area contributed by atoms with E-state index in [1.54, 1.807) is 13.1 Å². The number of hydrogen-bond acceptors (Lipinski definition) is 3. The van der Waals surface area contributed by atoms with Crippen LogP contribution in [0.1, 0.15) is 17.5 Å². The van der Waals surface area contributed by atoms with E-state index in [0.29, 0.717) is 5.69 Å². The van der Waals surface area contributed by atoms with Crippen LogP contribution in [0.25, 0.3) is 0 Å². The van der Waals surface area contributed by atoms with Crippen molar-refractivity contribution in [3.05, 3.63) is 23.8 Å². The summed E-state index contributed by atoms with van der Waals surface area (Å²) in [6.45, 7) is 1.79. The van der Waals surface area contributed by atoms with Gasteiger partial charge in [0.2, 0.25) is 0 Å². The van der Waals surface area contributed by atoms with E-state index in [1.807, 2.05) is 0 Å². The molecular weight excluding hydrogens is 164 g/mol. The molecule has 0 aromatic carbocycles. The fraction of sp³-hybridized carbons (Fsp3) is 0.429. The van der Waals surface area contributed by atoms with Gasteiger partial charge in [-0.05, 0) is 6.92 Å². The third-order valence-corrected chi connectivity index (χ3v) is 1.67. The molecular formula is C7H9ClN2O. The van der Waals surface area contributed by atoms with Crippen LogP contribution in [0.2, 0.25) is 0 Å². The zero-order chi connectivity index (χ0) is 8.27. The molecule has 1 aromatic rings. The van der Waals surface area contributed by atoms with Crippen LogP contribution in [-0.4, -0.2) is 21.0 Å². The molecule has 0 spiro atoms. The van der Waals surface area contributed by atoms with Crippen molar-refractivity contribution in [2.24, 2.45) is 0 Å². The summed E-state index contributed by atoms with van der Waals surface area (Å²) < 4.78 is 0. The first-order valence-electron chi connectivity index (χ1n) is 3.27. The van der Waals surface area contributed by atoms with Gasteiger partial charge in [-0.25, -0.2) is 0 Å². The maximum Gasteiger partial charge on any atom is 0.111 e. The van der Waals surface area contributed by atoms with E-state index in [-0.39, 0.29) is 5.88 Å². The molecule has 1 heterocycles. The summed E-state index contributed by atoms with van der Waals surface area (Å²) in [6.07, 6.45) is 2.42. The number of alkyl halides is 1. The summed E-state index contributed by atoms with van der Waals surface area (Å²) in [7, 11) is 0. The molecule has 4 heteroatoms. The Balaban J connectivity index is 2.93. The second-order valence-corrected chi connectivity index (χ2v) is 2.51. The number of aryl methyl sites for hydroxylation is 1. The lowest BCUT2D eigenvalue weighted by Crippen LogP contribution is -2.05. The highest BCUT2D eigenvalue weighted by Gasteiger charge is 2.09. The Kier molecular flexibility index (Phi) is 2.79. The average molecular weight is 173 g/mol. The van der Waals surface area contributed by atoms with E-state index >= 15 is 0 Å². The fourth-order valence-corrected chi connectivity index (χ4v) is 0.965. The number of aliphatic hydroxyl groups excluding tert-OH is 1. The Morgan fingerprint density at radius 2 is 2.18 bits per heavy atom. The molecule has 0 radical (unpaired) electrons. The maximum absolute atomic E-state index is 9.28. The van der Waals surface area contributed by atoms with Crippen molar-refractivity contribution in [2.45, 2.75) is 13.0 Å². The van der Waals surface area contributed by atoms with Crippen LogP contribution in [0.4, 0.5) is 0 Å². The lowest BCUT2D eigenvalue weighted by molar-refractivity contribution is 0.196. The quantitative estimate of drug-likeness (QED) is 0.679. The molecule has 0 saturated heterocycles. The largest absolute Gasteiger partial charge is 0.385 e. The van der Waals surface area contributed by atoms with Crippen LogP contribution >= 0.6 is 11.6 Å². The summed E-state index contributed by atoms with van der Waals surface area (Å²) in [6, 6.07) is 0. The van der Waals surface area contributed by atoms with Crippen LogP contribution in [-0.2, 0) is 0 Å². The Hall–Kier alpha value is -0.670. The molecule has 1 aromatic heterocycles. The first-order chi connectivity index (χ1) is 5.25. The molecule has 0 bridgehead atoms. The summed E-state index contributed by atoms with van der Waals surface area (Å²) >= 11 is 5.44. The van der Waals surface area contributed by atoms with Crippen molar-refractivity contribution in [3.63, 3.8) is 0 Å². The Labute approximate surface area is 70.1 Å². The molecule has 0 amide bonds. The minimum Gasteiger partial charge on any atom is -0.385 e. The predicted molar refractivity (Wildman–Crippen MR) is 42.4 cm³/mol. The molecule has 1 N–H and O–H groups in total. The van der Waals surface area contributed by atoms with Gasteiger partial charge in [0.05, 0.1) is 17.3 Å². The molecule has 0 saturated carbocycles. The SMILES string of the molecule is Cc1nccnc1C(O)CCl. The number of nitrogens with zero attached hydrogens (tertiary/aromatic N) is 2. The topological polar surface area (TPSA) is 46.0 Å². The van der Waals surface area contributed by atoms with Crippen LogP contribution in [0, 0.1) is 6.92 Å². The van der Waals surface area contributed by atoms with Crippen molar-refractivity contribution >= 4 is 11.6 Å². The van der Waals surface area contributed by atoms with E-state index in [2.05, 4.69) is 9.97 Å². The van der Waals surface area contributed by atoms with Gasteiger partial charge in [-0.3, -0.25) is 9.97 Å². The highest BCUT2D eigenvalue weighted by Crippen LogP contribution is 2.12. The van der Waals surface area contributed by atoms with E-state index in [0.717, 1.165) is 5.69 Å². The molecule has 1 atom stereocenters. The zero-order valence-electron chi connectivity index (χ0n) is 6.16. The summed E-state index contributed by atoms with van der Waals surface area (Å²) in [5.41, 5.74) is 1.28. The van der Waals surface area contributed by atoms with Crippen molar-refractivity contribution in [1.82, 2.24) is 9.97 Å². The van der Waals surface area contributed by atoms with Crippen LogP contribution in [0.5, 0.6) is 0 Å². The maximum atomic E-state index is 9.28. The Morgan fingerprint density at radius 3 is 2.73 bits per heavy atom. The highest BCUT2D eigenvalue weighted by molar-refractivity contribution is 6.18. The molecule has 11 heavy (non-hydrogen) atoms. The van der Waals surface area contributed by atoms with Crippen LogP contribution in [0.15, 0.2) is 12.4 Å². The van der Waals surface area contributed by atoms with Crippen LogP contribution in [0.3, 0.4) is 0 Å². The highest BCUT2D eigenvalue weighted by atomic mass is 35.5. The minimum atomic E-state index is -0.703. The predicted octanol–water partition coefficient (Wildman–Crippen LogP) is 1.06. The van der Waals surface area contributed by atoms with Crippen LogP contribution < -0.4 is 0 Å². The van der Waals surface area contributed by atoms with Crippen molar-refractivity contribution < 1.29 is 5.11 Å². The van der Waals surface area contributed by atoms with E-state index < -0.39 is 6.10 Å². The molecule has 0 fully saturated rings. The minimum absolute atomic E-state index is 0.152. The van der Waals surface area contributed by atoms with Crippen molar-refractivity contribution in [3.8, 4) is 0 Å². The molecule has 0 aliphatic carbocycles. The number of rotatable bonds is 2. The molecule has 0 aliphatic rings. The van der Waals surface area contributed by atoms with Gasteiger partial charge >= 0.3 is 0 Å². The summed E-state index contributed by atoms with van der Waals surface area (Å²) in [5, 5.41) is 9.28. The van der Waals surface area contributed by atoms with E-state index in [4.69, 9.17) is 11.6 Å². The van der Waals surface area contributed by atoms with Crippen molar-refractivity contribution in [1.29, 1.82) is 0 Å². The zero-order valence-corrected chi connectivity index (χ0v) is 6.91. The smallest absolute Gasteiger partial charge is 0.111 e. The van der Waals surface area contributed by atoms with Gasteiger partial charge in [0.1, 0.15) is 6.10 Å². The molecule has 3 nitrogen and oxygen atoms in total. The molecule has 60 valence electrons. The van der Waals surface area contributed by atoms with Gasteiger partial charge in [0, 0.05) is 12.4 Å². The monoisotopic (exact) mass is 172 g/mol. The first kappa shape index (κ1) is 8.43. The lowest BCUT2D eigenvalue weighted by atomic mass is 10.2. The number of halogens is 1. The third-order valence-electron chi connectivity index (χ3n) is 1.38. The normalized spacial score (nSPS) is 13.0. The molecule has 1 unspecified atom stereocenters. The Bertz CT molecular complexity index is 242. The second kappa shape index (κ2) is 3.64. The number of aromatic nitrogens is 2. The lowest BCUT2D eigenvalue weighted by Gasteiger charge is -2.06. The van der Waals surface area contributed by atoms with Gasteiger partial charge in [0.25, 0.3) is 0 Å². The van der Waals surface area contributed by atoms with E-state index in [9.17, 15) is 5.11 Å². The first-order valence-corrected chi connectivity index (χ1v) is 3.80. The average Bonchev–Trinajstić information content (AvgIpc) is 2.04. The van der Waals surface area contributed by atoms with Gasteiger partial charge in [0.15, 0.2) is 0 Å². The van der Waals surface area contributed by atoms with Crippen molar-refractivity contribution in [2.75, 3.05) is 5.88 Å². The number of aliphatic hydroxyl groups is 1. The van der Waals surface area contributed by atoms with Gasteiger partial charge in [-0.1, -0.05) is 0 Å². The third kappa shape index (κ3) is 1.88. The van der Waals surface area contributed by atoms with Gasteiger partial charge in [-0.2, -0.15) is 0 Å². The summed E-state index contributed by atoms with van der Waals surface area (Å²) in [5.74, 6) is 0.152. The van der Waals surface area contributed by atoms with Gasteiger partial charge < -0.3 is 5.11 Å². The van der Waals surface area contributed by atoms with E-state index in [1.165, 1.54) is 6.20 Å². The Morgan fingerprint density at radius 1 is 1.55 bits per heavy atom. The number of hydrogen-bond donors (Lipinski definition) is 1. The second-order valence-electron chi connectivity index (χ2n) is 2.20. The molecule has 0 aliphatic heterocycles. The standard InChI is InChI=1S/C7H9ClN2O/c1-5-7(6(11)4-8)10-3-2-9-5/h2-3,6,11H,4H2,1H3. The fourth-order valence-electron chi connectivity index (χ4n) is 0.819. The molecule has 1 rings (SSSR count).